The van der Waals surface area contributed by atoms with Crippen LogP contribution in [-0.2, 0) is 4.74 Å². The van der Waals surface area contributed by atoms with Crippen LogP contribution in [0.15, 0.2) is 52.9 Å². The molecule has 2 aromatic carbocycles. The largest absolute Gasteiger partial charge is 0.465 e. The van der Waals surface area contributed by atoms with Gasteiger partial charge in [-0.2, -0.15) is 0 Å². The molecule has 0 aliphatic rings. The maximum Gasteiger partial charge on any atom is 0.342 e. The zero-order valence-electron chi connectivity index (χ0n) is 15.8. The molecular weight excluding hydrogens is 338 g/mol. The lowest BCUT2D eigenvalue weighted by Gasteiger charge is -2.08. The van der Waals surface area contributed by atoms with Gasteiger partial charge in [0, 0.05) is 22.0 Å². The van der Waals surface area contributed by atoms with E-state index in [1.807, 2.05) is 25.1 Å². The first-order chi connectivity index (χ1) is 13.0. The lowest BCUT2D eigenvalue weighted by Crippen LogP contribution is -2.03. The SMILES string of the molecule is COC(=O)c1c(C)oc(C)c1-c1c(-c2ccccc2)[nH]c2ccc(C)cc12. The molecule has 0 aliphatic carbocycles. The molecule has 0 radical (unpaired) electrons. The van der Waals surface area contributed by atoms with Gasteiger partial charge in [-0.3, -0.25) is 0 Å². The Morgan fingerprint density at radius 2 is 1.70 bits per heavy atom. The van der Waals surface area contributed by atoms with Gasteiger partial charge in [-0.1, -0.05) is 42.0 Å². The van der Waals surface area contributed by atoms with E-state index in [0.717, 1.165) is 38.9 Å². The van der Waals surface area contributed by atoms with E-state index in [9.17, 15) is 4.79 Å². The van der Waals surface area contributed by atoms with Crippen molar-refractivity contribution >= 4 is 16.9 Å². The van der Waals surface area contributed by atoms with Gasteiger partial charge >= 0.3 is 5.97 Å². The van der Waals surface area contributed by atoms with Gasteiger partial charge < -0.3 is 14.1 Å². The van der Waals surface area contributed by atoms with Crippen molar-refractivity contribution in [3.8, 4) is 22.4 Å². The highest BCUT2D eigenvalue weighted by Crippen LogP contribution is 2.43. The number of furan rings is 1. The number of hydrogen-bond donors (Lipinski definition) is 1. The molecule has 1 N–H and O–H groups in total. The van der Waals surface area contributed by atoms with Gasteiger partial charge in [0.05, 0.1) is 12.8 Å². The fraction of sp³-hybridized carbons (Fsp3) is 0.174. The topological polar surface area (TPSA) is 55.2 Å². The predicted octanol–water partition coefficient (Wildman–Crippen LogP) is 5.81. The first kappa shape index (κ1) is 17.2. The summed E-state index contributed by atoms with van der Waals surface area (Å²) >= 11 is 0. The summed E-state index contributed by atoms with van der Waals surface area (Å²) in [6.45, 7) is 5.75. The normalized spacial score (nSPS) is 11.1. The number of carbonyl (C=O) groups is 1. The molecule has 0 atom stereocenters. The van der Waals surface area contributed by atoms with E-state index < -0.39 is 0 Å². The number of aromatic nitrogens is 1. The number of aryl methyl sites for hydroxylation is 3. The Hall–Kier alpha value is -3.27. The third-order valence-electron chi connectivity index (χ3n) is 4.92. The highest BCUT2D eigenvalue weighted by Gasteiger charge is 2.28. The lowest BCUT2D eigenvalue weighted by atomic mass is 9.94. The molecule has 0 saturated heterocycles. The smallest absolute Gasteiger partial charge is 0.342 e. The van der Waals surface area contributed by atoms with Crippen LogP contribution in [0.3, 0.4) is 0 Å². The molecule has 0 unspecified atom stereocenters. The molecule has 136 valence electrons. The van der Waals surface area contributed by atoms with E-state index in [1.54, 1.807) is 6.92 Å². The van der Waals surface area contributed by atoms with Gasteiger partial charge in [0.2, 0.25) is 0 Å². The second-order valence-corrected chi connectivity index (χ2v) is 6.75. The molecule has 0 aliphatic heterocycles. The van der Waals surface area contributed by atoms with Crippen molar-refractivity contribution in [3.63, 3.8) is 0 Å². The third kappa shape index (κ3) is 2.74. The van der Waals surface area contributed by atoms with E-state index in [2.05, 4.69) is 42.2 Å². The van der Waals surface area contributed by atoms with E-state index >= 15 is 0 Å². The van der Waals surface area contributed by atoms with E-state index in [0.29, 0.717) is 17.1 Å². The number of nitrogens with one attached hydrogen (secondary N) is 1. The highest BCUT2D eigenvalue weighted by molar-refractivity contribution is 6.10. The van der Waals surface area contributed by atoms with Crippen molar-refractivity contribution in [3.05, 3.63) is 71.2 Å². The predicted molar refractivity (Wildman–Crippen MR) is 107 cm³/mol. The zero-order chi connectivity index (χ0) is 19.1. The Morgan fingerprint density at radius 1 is 0.963 bits per heavy atom. The zero-order valence-corrected chi connectivity index (χ0v) is 15.8. The molecule has 4 nitrogen and oxygen atoms in total. The van der Waals surface area contributed by atoms with Crippen molar-refractivity contribution < 1.29 is 13.9 Å². The molecule has 2 aromatic heterocycles. The van der Waals surface area contributed by atoms with Crippen molar-refractivity contribution in [2.45, 2.75) is 20.8 Å². The Morgan fingerprint density at radius 3 is 2.41 bits per heavy atom. The van der Waals surface area contributed by atoms with Gasteiger partial charge in [-0.25, -0.2) is 4.79 Å². The number of methoxy groups -OCH3 is 1. The third-order valence-corrected chi connectivity index (χ3v) is 4.92. The minimum Gasteiger partial charge on any atom is -0.465 e. The number of H-pyrrole nitrogens is 1. The van der Waals surface area contributed by atoms with Crippen LogP contribution in [0.5, 0.6) is 0 Å². The molecule has 0 bridgehead atoms. The first-order valence-corrected chi connectivity index (χ1v) is 8.87. The van der Waals surface area contributed by atoms with Crippen LogP contribution < -0.4 is 0 Å². The number of hydrogen-bond acceptors (Lipinski definition) is 3. The van der Waals surface area contributed by atoms with Crippen molar-refractivity contribution in [1.82, 2.24) is 4.98 Å². The van der Waals surface area contributed by atoms with E-state index in [-0.39, 0.29) is 5.97 Å². The summed E-state index contributed by atoms with van der Waals surface area (Å²) in [5, 5.41) is 1.06. The Bertz CT molecular complexity index is 1150. The number of fused-ring (bicyclic) bond motifs is 1. The molecule has 0 fully saturated rings. The quantitative estimate of drug-likeness (QED) is 0.470. The lowest BCUT2D eigenvalue weighted by molar-refractivity contribution is 0.0599. The number of ether oxygens (including phenoxy) is 1. The first-order valence-electron chi connectivity index (χ1n) is 8.87. The molecule has 27 heavy (non-hydrogen) atoms. The van der Waals surface area contributed by atoms with Crippen LogP contribution in [0.25, 0.3) is 33.3 Å². The van der Waals surface area contributed by atoms with E-state index in [1.165, 1.54) is 7.11 Å². The van der Waals surface area contributed by atoms with Crippen LogP contribution in [0.1, 0.15) is 27.4 Å². The van der Waals surface area contributed by atoms with E-state index in [4.69, 9.17) is 9.15 Å². The van der Waals surface area contributed by atoms with Gasteiger partial charge in [0.25, 0.3) is 0 Å². The number of carbonyl (C=O) groups excluding carboxylic acids is 1. The van der Waals surface area contributed by atoms with Crippen molar-refractivity contribution in [2.24, 2.45) is 0 Å². The summed E-state index contributed by atoms with van der Waals surface area (Å²) in [6, 6.07) is 16.4. The minimum atomic E-state index is -0.389. The van der Waals surface area contributed by atoms with Crippen LogP contribution >= 0.6 is 0 Å². The minimum absolute atomic E-state index is 0.389. The summed E-state index contributed by atoms with van der Waals surface area (Å²) in [6.07, 6.45) is 0. The van der Waals surface area contributed by atoms with Gasteiger partial charge in [0.1, 0.15) is 17.1 Å². The number of benzene rings is 2. The molecular formula is C23H21NO3. The summed E-state index contributed by atoms with van der Waals surface area (Å²) in [7, 11) is 1.39. The second-order valence-electron chi connectivity index (χ2n) is 6.75. The van der Waals surface area contributed by atoms with Crippen LogP contribution in [0, 0.1) is 20.8 Å². The van der Waals surface area contributed by atoms with Crippen LogP contribution in [0.4, 0.5) is 0 Å². The van der Waals surface area contributed by atoms with Gasteiger partial charge in [0.15, 0.2) is 0 Å². The molecule has 0 amide bonds. The highest BCUT2D eigenvalue weighted by atomic mass is 16.5. The summed E-state index contributed by atoms with van der Waals surface area (Å²) in [5.41, 5.74) is 6.42. The maximum atomic E-state index is 12.5. The standard InChI is InChI=1S/C23H21NO3/c1-13-10-11-18-17(12-13)21(22(24-18)16-8-6-5-7-9-16)19-14(2)27-15(3)20(19)23(25)26-4/h5-12,24H,1-4H3. The van der Waals surface area contributed by atoms with Crippen LogP contribution in [-0.4, -0.2) is 18.1 Å². The second kappa shape index (κ2) is 6.47. The molecule has 4 rings (SSSR count). The van der Waals surface area contributed by atoms with Crippen LogP contribution in [0.2, 0.25) is 0 Å². The molecule has 2 heterocycles. The molecule has 0 saturated carbocycles. The Kier molecular flexibility index (Phi) is 4.11. The molecule has 0 spiro atoms. The Labute approximate surface area is 157 Å². The summed E-state index contributed by atoms with van der Waals surface area (Å²) in [4.78, 5) is 16.1. The fourth-order valence-electron chi connectivity index (χ4n) is 3.72. The number of aromatic amines is 1. The Balaban J connectivity index is 2.14. The monoisotopic (exact) mass is 359 g/mol. The molecule has 4 aromatic rings. The average molecular weight is 359 g/mol. The summed E-state index contributed by atoms with van der Waals surface area (Å²) < 4.78 is 10.9. The molecule has 4 heteroatoms. The maximum absolute atomic E-state index is 12.5. The van der Waals surface area contributed by atoms with Crippen molar-refractivity contribution in [1.29, 1.82) is 0 Å². The number of esters is 1. The van der Waals surface area contributed by atoms with Crippen molar-refractivity contribution in [2.75, 3.05) is 7.11 Å². The van der Waals surface area contributed by atoms with Gasteiger partial charge in [-0.15, -0.1) is 0 Å². The number of rotatable bonds is 3. The summed E-state index contributed by atoms with van der Waals surface area (Å²) in [5.74, 6) is 0.878. The van der Waals surface area contributed by atoms with Gasteiger partial charge in [-0.05, 0) is 38.5 Å². The fourth-order valence-corrected chi connectivity index (χ4v) is 3.72. The average Bonchev–Trinajstić information content (AvgIpc) is 3.17.